The predicted octanol–water partition coefficient (Wildman–Crippen LogP) is 3.80. The van der Waals surface area contributed by atoms with E-state index in [4.69, 9.17) is 45.3 Å². The van der Waals surface area contributed by atoms with Crippen molar-refractivity contribution in [2.45, 2.75) is 12.5 Å². The third-order valence-corrected chi connectivity index (χ3v) is 4.76. The molecular formula is C16H14Cl3N3O2. The van der Waals surface area contributed by atoms with E-state index in [0.29, 0.717) is 33.2 Å². The Labute approximate surface area is 154 Å². The smallest absolute Gasteiger partial charge is 0.250 e. The predicted molar refractivity (Wildman–Crippen MR) is 95.5 cm³/mol. The van der Waals surface area contributed by atoms with Crippen molar-refractivity contribution < 1.29 is 9.53 Å². The van der Waals surface area contributed by atoms with Crippen LogP contribution < -0.4 is 15.4 Å². The van der Waals surface area contributed by atoms with E-state index in [9.17, 15) is 4.79 Å². The third kappa shape index (κ3) is 3.69. The first-order valence-corrected chi connectivity index (χ1v) is 8.39. The van der Waals surface area contributed by atoms with Gasteiger partial charge < -0.3 is 15.4 Å². The fraction of sp³-hybridized carbons (Fsp3) is 0.250. The number of nitrogens with zero attached hydrogens (tertiary/aromatic N) is 2. The van der Waals surface area contributed by atoms with Crippen molar-refractivity contribution in [3.63, 3.8) is 0 Å². The summed E-state index contributed by atoms with van der Waals surface area (Å²) >= 11 is 18.1. The number of ether oxygens (including phenoxy) is 1. The van der Waals surface area contributed by atoms with Crippen molar-refractivity contribution in [3.8, 4) is 5.75 Å². The van der Waals surface area contributed by atoms with Gasteiger partial charge in [-0.25, -0.2) is 4.98 Å². The molecule has 1 aliphatic rings. The molecule has 2 heterocycles. The molecule has 1 saturated heterocycles. The van der Waals surface area contributed by atoms with Gasteiger partial charge in [0, 0.05) is 25.2 Å². The lowest BCUT2D eigenvalue weighted by Crippen LogP contribution is -2.25. The molecule has 2 N–H and O–H groups in total. The molecule has 1 amide bonds. The number of aromatic nitrogens is 1. The molecular weight excluding hydrogens is 373 g/mol. The number of nitrogens with two attached hydrogens (primary N) is 1. The van der Waals surface area contributed by atoms with Crippen LogP contribution >= 0.6 is 34.8 Å². The molecule has 0 saturated carbocycles. The number of anilines is 1. The van der Waals surface area contributed by atoms with Gasteiger partial charge in [0.15, 0.2) is 0 Å². The molecule has 0 bridgehead atoms. The van der Waals surface area contributed by atoms with E-state index in [1.807, 2.05) is 4.90 Å². The molecule has 0 spiro atoms. The number of hydrogen-bond donors (Lipinski definition) is 1. The average molecular weight is 387 g/mol. The second-order valence-electron chi connectivity index (χ2n) is 5.44. The lowest BCUT2D eigenvalue weighted by atomic mass is 10.2. The minimum atomic E-state index is -0.557. The maximum Gasteiger partial charge on any atom is 0.250 e. The molecule has 0 radical (unpaired) electrons. The summed E-state index contributed by atoms with van der Waals surface area (Å²) in [4.78, 5) is 17.4. The van der Waals surface area contributed by atoms with E-state index in [2.05, 4.69) is 4.98 Å². The maximum absolute atomic E-state index is 11.2. The van der Waals surface area contributed by atoms with Gasteiger partial charge in [-0.2, -0.15) is 0 Å². The molecule has 1 fully saturated rings. The number of halogens is 3. The Morgan fingerprint density at radius 2 is 2.00 bits per heavy atom. The van der Waals surface area contributed by atoms with E-state index in [0.717, 1.165) is 13.0 Å². The maximum atomic E-state index is 11.2. The minimum absolute atomic E-state index is 0.0177. The van der Waals surface area contributed by atoms with Crippen LogP contribution in [-0.2, 0) is 0 Å². The Morgan fingerprint density at radius 3 is 2.67 bits per heavy atom. The monoisotopic (exact) mass is 385 g/mol. The number of rotatable bonds is 4. The van der Waals surface area contributed by atoms with Gasteiger partial charge in [-0.05, 0) is 18.2 Å². The van der Waals surface area contributed by atoms with E-state index in [1.165, 1.54) is 12.3 Å². The molecule has 8 heteroatoms. The Hall–Kier alpha value is -1.69. The summed E-state index contributed by atoms with van der Waals surface area (Å²) in [5.41, 5.74) is 5.51. The Kier molecular flexibility index (Phi) is 5.04. The molecule has 1 aromatic carbocycles. The molecule has 24 heavy (non-hydrogen) atoms. The van der Waals surface area contributed by atoms with Gasteiger partial charge in [-0.3, -0.25) is 4.79 Å². The van der Waals surface area contributed by atoms with Crippen molar-refractivity contribution in [2.75, 3.05) is 18.0 Å². The van der Waals surface area contributed by atoms with Crippen LogP contribution in [0, 0.1) is 0 Å². The van der Waals surface area contributed by atoms with E-state index in [-0.39, 0.29) is 11.7 Å². The van der Waals surface area contributed by atoms with Crippen LogP contribution in [0.1, 0.15) is 16.8 Å². The standard InChI is InChI=1S/C16H14Cl3N3O2/c17-12-2-1-10(6-13(12)18)24-11-3-4-22(8-11)16-14(19)5-9(7-21-16)15(20)23/h1-2,5-7,11H,3-4,8H2,(H2,20,23). The van der Waals surface area contributed by atoms with Gasteiger partial charge in [-0.1, -0.05) is 34.8 Å². The highest BCUT2D eigenvalue weighted by atomic mass is 35.5. The molecule has 1 unspecified atom stereocenters. The zero-order valence-electron chi connectivity index (χ0n) is 12.5. The number of benzene rings is 1. The fourth-order valence-electron chi connectivity index (χ4n) is 2.56. The molecule has 1 aromatic heterocycles. The lowest BCUT2D eigenvalue weighted by molar-refractivity contribution is 0.1000. The number of pyridine rings is 1. The highest BCUT2D eigenvalue weighted by molar-refractivity contribution is 6.42. The minimum Gasteiger partial charge on any atom is -0.488 e. The van der Waals surface area contributed by atoms with E-state index in [1.54, 1.807) is 18.2 Å². The molecule has 2 aromatic rings. The number of primary amides is 1. The number of carbonyl (C=O) groups excluding carboxylic acids is 1. The van der Waals surface area contributed by atoms with Crippen molar-refractivity contribution in [3.05, 3.63) is 51.1 Å². The number of hydrogen-bond acceptors (Lipinski definition) is 4. The van der Waals surface area contributed by atoms with Gasteiger partial charge in [0.1, 0.15) is 17.7 Å². The first-order valence-electron chi connectivity index (χ1n) is 7.26. The van der Waals surface area contributed by atoms with Crippen LogP contribution in [0.25, 0.3) is 0 Å². The van der Waals surface area contributed by atoms with Crippen molar-refractivity contribution >= 4 is 46.5 Å². The third-order valence-electron chi connectivity index (χ3n) is 3.74. The second-order valence-corrected chi connectivity index (χ2v) is 6.67. The highest BCUT2D eigenvalue weighted by Gasteiger charge is 2.27. The summed E-state index contributed by atoms with van der Waals surface area (Å²) in [7, 11) is 0. The summed E-state index contributed by atoms with van der Waals surface area (Å²) in [5.74, 6) is 0.722. The molecule has 126 valence electrons. The van der Waals surface area contributed by atoms with Crippen LogP contribution in [0.2, 0.25) is 15.1 Å². The van der Waals surface area contributed by atoms with Gasteiger partial charge in [-0.15, -0.1) is 0 Å². The zero-order valence-corrected chi connectivity index (χ0v) is 14.8. The first kappa shape index (κ1) is 17.1. The van der Waals surface area contributed by atoms with Crippen molar-refractivity contribution in [1.82, 2.24) is 4.98 Å². The molecule has 1 aliphatic heterocycles. The number of carbonyl (C=O) groups is 1. The summed E-state index contributed by atoms with van der Waals surface area (Å²) < 4.78 is 5.93. The highest BCUT2D eigenvalue weighted by Crippen LogP contribution is 2.30. The number of amides is 1. The largest absolute Gasteiger partial charge is 0.488 e. The van der Waals surface area contributed by atoms with E-state index < -0.39 is 5.91 Å². The fourth-order valence-corrected chi connectivity index (χ4v) is 3.13. The topological polar surface area (TPSA) is 68.5 Å². The van der Waals surface area contributed by atoms with Gasteiger partial charge in [0.25, 0.3) is 0 Å². The molecule has 0 aliphatic carbocycles. The second kappa shape index (κ2) is 7.05. The quantitative estimate of drug-likeness (QED) is 0.868. The van der Waals surface area contributed by atoms with E-state index >= 15 is 0 Å². The summed E-state index contributed by atoms with van der Waals surface area (Å²) in [6.07, 6.45) is 2.22. The SMILES string of the molecule is NC(=O)c1cnc(N2CCC(Oc3ccc(Cl)c(Cl)c3)C2)c(Cl)c1. The van der Waals surface area contributed by atoms with Crippen LogP contribution in [0.15, 0.2) is 30.5 Å². The zero-order chi connectivity index (χ0) is 17.3. The Bertz CT molecular complexity index is 785. The van der Waals surface area contributed by atoms with Gasteiger partial charge >= 0.3 is 0 Å². The molecule has 5 nitrogen and oxygen atoms in total. The van der Waals surface area contributed by atoms with Crippen LogP contribution in [0.3, 0.4) is 0 Å². The van der Waals surface area contributed by atoms with Crippen LogP contribution in [-0.4, -0.2) is 30.1 Å². The van der Waals surface area contributed by atoms with Crippen LogP contribution in [0.4, 0.5) is 5.82 Å². The molecule has 3 rings (SSSR count). The lowest BCUT2D eigenvalue weighted by Gasteiger charge is -2.19. The molecule has 1 atom stereocenters. The van der Waals surface area contributed by atoms with Gasteiger partial charge in [0.2, 0.25) is 5.91 Å². The van der Waals surface area contributed by atoms with Gasteiger partial charge in [0.05, 0.1) is 27.2 Å². The Morgan fingerprint density at radius 1 is 1.21 bits per heavy atom. The summed E-state index contributed by atoms with van der Waals surface area (Å²) in [5, 5.41) is 1.33. The Balaban J connectivity index is 1.69. The average Bonchev–Trinajstić information content (AvgIpc) is 2.99. The normalized spacial score (nSPS) is 17.1. The van der Waals surface area contributed by atoms with Crippen molar-refractivity contribution in [1.29, 1.82) is 0 Å². The first-order chi connectivity index (χ1) is 11.4. The summed E-state index contributed by atoms with van der Waals surface area (Å²) in [6, 6.07) is 6.70. The van der Waals surface area contributed by atoms with Crippen molar-refractivity contribution in [2.24, 2.45) is 5.73 Å². The summed E-state index contributed by atoms with van der Waals surface area (Å²) in [6.45, 7) is 1.37. The van der Waals surface area contributed by atoms with Crippen LogP contribution in [0.5, 0.6) is 5.75 Å².